The van der Waals surface area contributed by atoms with Crippen LogP contribution in [0.2, 0.25) is 0 Å². The van der Waals surface area contributed by atoms with Gasteiger partial charge in [0.1, 0.15) is 0 Å². The molecular weight excluding hydrogens is 194 g/mol. The van der Waals surface area contributed by atoms with Crippen LogP contribution in [0.1, 0.15) is 17.5 Å². The van der Waals surface area contributed by atoms with Crippen molar-refractivity contribution in [2.24, 2.45) is 0 Å². The van der Waals surface area contributed by atoms with Crippen molar-refractivity contribution in [1.29, 1.82) is 0 Å². The second kappa shape index (κ2) is 2.78. The molecule has 0 heterocycles. The monoisotopic (exact) mass is 204 g/mol. The molecule has 0 atom stereocenters. The number of halogens is 2. The van der Waals surface area contributed by atoms with E-state index in [9.17, 15) is 8.78 Å². The van der Waals surface area contributed by atoms with E-state index in [4.69, 9.17) is 0 Å². The first-order valence-corrected chi connectivity index (χ1v) is 5.03. The molecule has 0 saturated carbocycles. The Morgan fingerprint density at radius 2 is 1.93 bits per heavy atom. The zero-order valence-electron chi connectivity index (χ0n) is 8.13. The molecule has 0 unspecified atom stereocenters. The van der Waals surface area contributed by atoms with E-state index in [1.807, 2.05) is 24.3 Å². The Kier molecular flexibility index (Phi) is 1.64. The summed E-state index contributed by atoms with van der Waals surface area (Å²) in [5.74, 6) is -2.67. The summed E-state index contributed by atoms with van der Waals surface area (Å²) in [6, 6.07) is 7.82. The van der Waals surface area contributed by atoms with E-state index in [-0.39, 0.29) is 6.42 Å². The van der Waals surface area contributed by atoms with Crippen molar-refractivity contribution in [2.45, 2.75) is 18.8 Å². The third kappa shape index (κ3) is 1.32. The molecule has 0 spiro atoms. The highest BCUT2D eigenvalue weighted by Crippen LogP contribution is 2.43. The van der Waals surface area contributed by atoms with Crippen LogP contribution in [0, 0.1) is 0 Å². The maximum absolute atomic E-state index is 13.2. The van der Waals surface area contributed by atoms with E-state index in [0.29, 0.717) is 0 Å². The summed E-state index contributed by atoms with van der Waals surface area (Å²) < 4.78 is 26.4. The van der Waals surface area contributed by atoms with Crippen LogP contribution in [0.15, 0.2) is 42.0 Å². The Bertz CT molecular complexity index is 481. The largest absolute Gasteiger partial charge is 0.270 e. The van der Waals surface area contributed by atoms with Gasteiger partial charge >= 0.3 is 0 Å². The lowest BCUT2D eigenvalue weighted by Crippen LogP contribution is -2.15. The Morgan fingerprint density at radius 3 is 2.80 bits per heavy atom. The highest BCUT2D eigenvalue weighted by Gasteiger charge is 2.34. The smallest absolute Gasteiger partial charge is 0.202 e. The second-order valence-corrected chi connectivity index (χ2v) is 4.11. The molecule has 0 aliphatic heterocycles. The van der Waals surface area contributed by atoms with Crippen molar-refractivity contribution in [1.82, 2.24) is 0 Å². The third-order valence-corrected chi connectivity index (χ3v) is 3.05. The van der Waals surface area contributed by atoms with Crippen molar-refractivity contribution in [2.75, 3.05) is 0 Å². The minimum absolute atomic E-state index is 0.143. The Morgan fingerprint density at radius 1 is 1.13 bits per heavy atom. The van der Waals surface area contributed by atoms with E-state index in [0.717, 1.165) is 29.2 Å². The predicted molar refractivity (Wildman–Crippen MR) is 55.8 cm³/mol. The van der Waals surface area contributed by atoms with Gasteiger partial charge in [0.25, 0.3) is 5.92 Å². The molecule has 2 aliphatic rings. The van der Waals surface area contributed by atoms with E-state index in [1.165, 1.54) is 5.56 Å². The lowest BCUT2D eigenvalue weighted by atomic mass is 9.94. The molecule has 0 aromatic heterocycles. The van der Waals surface area contributed by atoms with Gasteiger partial charge in [-0.15, -0.1) is 0 Å². The van der Waals surface area contributed by atoms with Gasteiger partial charge in [-0.05, 0) is 34.8 Å². The average molecular weight is 204 g/mol. The van der Waals surface area contributed by atoms with Gasteiger partial charge in [-0.1, -0.05) is 30.3 Å². The number of hydrogen-bond acceptors (Lipinski definition) is 0. The molecule has 0 saturated heterocycles. The zero-order chi connectivity index (χ0) is 10.5. The summed E-state index contributed by atoms with van der Waals surface area (Å²) in [6.45, 7) is 0. The van der Waals surface area contributed by atoms with Crippen molar-refractivity contribution in [3.05, 3.63) is 53.1 Å². The van der Waals surface area contributed by atoms with Gasteiger partial charge in [0.05, 0.1) is 0 Å². The van der Waals surface area contributed by atoms with Crippen molar-refractivity contribution in [3.8, 4) is 0 Å². The van der Waals surface area contributed by atoms with Crippen molar-refractivity contribution < 1.29 is 8.78 Å². The second-order valence-electron chi connectivity index (χ2n) is 4.11. The minimum atomic E-state index is -2.67. The zero-order valence-corrected chi connectivity index (χ0v) is 8.13. The fourth-order valence-electron chi connectivity index (χ4n) is 2.34. The van der Waals surface area contributed by atoms with Gasteiger partial charge in [0.15, 0.2) is 0 Å². The summed E-state index contributed by atoms with van der Waals surface area (Å²) >= 11 is 0. The quantitative estimate of drug-likeness (QED) is 0.605. The number of rotatable bonds is 0. The van der Waals surface area contributed by atoms with Crippen LogP contribution < -0.4 is 0 Å². The van der Waals surface area contributed by atoms with Crippen LogP contribution in [0.3, 0.4) is 0 Å². The predicted octanol–water partition coefficient (Wildman–Crippen LogP) is 3.59. The van der Waals surface area contributed by atoms with Crippen molar-refractivity contribution >= 4 is 5.57 Å². The summed E-state index contributed by atoms with van der Waals surface area (Å²) in [7, 11) is 0. The summed E-state index contributed by atoms with van der Waals surface area (Å²) in [5.41, 5.74) is 4.07. The SMILES string of the molecule is FC1(F)C=CC2=C(C1)c1ccccc1C2. The summed E-state index contributed by atoms with van der Waals surface area (Å²) in [6.07, 6.45) is 3.27. The van der Waals surface area contributed by atoms with Gasteiger partial charge in [-0.3, -0.25) is 0 Å². The van der Waals surface area contributed by atoms with E-state index >= 15 is 0 Å². The molecule has 0 fully saturated rings. The standard InChI is InChI=1S/C13H10F2/c14-13(15)6-5-10-7-9-3-1-2-4-11(9)12(10)8-13/h1-6H,7-8H2. The number of allylic oxidation sites excluding steroid dienone is 4. The highest BCUT2D eigenvalue weighted by atomic mass is 19.3. The molecular formula is C13H10F2. The maximum atomic E-state index is 13.2. The molecule has 3 rings (SSSR count). The molecule has 1 aromatic rings. The maximum Gasteiger partial charge on any atom is 0.270 e. The summed E-state index contributed by atoms with van der Waals surface area (Å²) in [4.78, 5) is 0. The fraction of sp³-hybridized carbons (Fsp3) is 0.231. The molecule has 0 amide bonds. The minimum Gasteiger partial charge on any atom is -0.202 e. The normalized spacial score (nSPS) is 21.5. The first-order valence-electron chi connectivity index (χ1n) is 5.03. The molecule has 0 N–H and O–H groups in total. The van der Waals surface area contributed by atoms with Crippen LogP contribution in [-0.2, 0) is 6.42 Å². The Labute approximate surface area is 86.9 Å². The molecule has 2 aliphatic carbocycles. The van der Waals surface area contributed by atoms with E-state index in [2.05, 4.69) is 0 Å². The lowest BCUT2D eigenvalue weighted by molar-refractivity contribution is 0.0601. The average Bonchev–Trinajstić information content (AvgIpc) is 2.55. The van der Waals surface area contributed by atoms with Crippen molar-refractivity contribution in [3.63, 3.8) is 0 Å². The molecule has 0 bridgehead atoms. The molecule has 76 valence electrons. The molecule has 0 radical (unpaired) electrons. The number of hydrogen-bond donors (Lipinski definition) is 0. The Balaban J connectivity index is 2.10. The number of benzene rings is 1. The van der Waals surface area contributed by atoms with Gasteiger partial charge in [-0.2, -0.15) is 0 Å². The number of alkyl halides is 2. The van der Waals surface area contributed by atoms with E-state index < -0.39 is 5.92 Å². The summed E-state index contributed by atoms with van der Waals surface area (Å²) in [5, 5.41) is 0. The van der Waals surface area contributed by atoms with E-state index in [1.54, 1.807) is 6.08 Å². The molecule has 2 heteroatoms. The highest BCUT2D eigenvalue weighted by molar-refractivity contribution is 5.80. The number of fused-ring (bicyclic) bond motifs is 2. The third-order valence-electron chi connectivity index (χ3n) is 3.05. The van der Waals surface area contributed by atoms with Gasteiger partial charge in [0, 0.05) is 6.42 Å². The Hall–Kier alpha value is -1.44. The topological polar surface area (TPSA) is 0 Å². The molecule has 15 heavy (non-hydrogen) atoms. The van der Waals surface area contributed by atoms with Crippen LogP contribution >= 0.6 is 0 Å². The van der Waals surface area contributed by atoms with Crippen LogP contribution in [0.25, 0.3) is 5.57 Å². The molecule has 0 nitrogen and oxygen atoms in total. The van der Waals surface area contributed by atoms with Crippen LogP contribution in [0.4, 0.5) is 8.78 Å². The van der Waals surface area contributed by atoms with Crippen LogP contribution in [-0.4, -0.2) is 5.92 Å². The molecule has 1 aromatic carbocycles. The first-order chi connectivity index (χ1) is 7.16. The first kappa shape index (κ1) is 8.84. The van der Waals surface area contributed by atoms with Crippen LogP contribution in [0.5, 0.6) is 0 Å². The van der Waals surface area contributed by atoms with Gasteiger partial charge in [-0.25, -0.2) is 8.78 Å². The van der Waals surface area contributed by atoms with Gasteiger partial charge in [0.2, 0.25) is 0 Å². The van der Waals surface area contributed by atoms with Gasteiger partial charge < -0.3 is 0 Å². The fourth-order valence-corrected chi connectivity index (χ4v) is 2.34. The lowest BCUT2D eigenvalue weighted by Gasteiger charge is -2.18.